The van der Waals surface area contributed by atoms with Crippen LogP contribution in [0.25, 0.3) is 0 Å². The fraction of sp³-hybridized carbons (Fsp3) is 0.462. The Morgan fingerprint density at radius 1 is 1.20 bits per heavy atom. The number of carbonyl (C=O) groups is 1. The van der Waals surface area contributed by atoms with Gasteiger partial charge in [0, 0.05) is 0 Å². The number of ether oxygens (including phenoxy) is 1. The Bertz CT molecular complexity index is 227. The van der Waals surface area contributed by atoms with Crippen molar-refractivity contribution in [2.24, 2.45) is 0 Å². The van der Waals surface area contributed by atoms with Crippen molar-refractivity contribution < 1.29 is 9.53 Å². The van der Waals surface area contributed by atoms with Gasteiger partial charge >= 0.3 is 5.97 Å². The van der Waals surface area contributed by atoms with Crippen molar-refractivity contribution in [2.45, 2.75) is 32.6 Å². The molecule has 2 nitrogen and oxygen atoms in total. The van der Waals surface area contributed by atoms with Gasteiger partial charge in [0.15, 0.2) is 0 Å². The lowest BCUT2D eigenvalue weighted by Crippen LogP contribution is -2.02. The van der Waals surface area contributed by atoms with Gasteiger partial charge in [-0.25, -0.2) is 0 Å². The molecule has 2 heteroatoms. The van der Waals surface area contributed by atoms with Crippen molar-refractivity contribution in [2.75, 3.05) is 6.61 Å². The zero-order valence-corrected chi connectivity index (χ0v) is 9.45. The molecule has 0 atom stereocenters. The average Bonchev–Trinajstić information content (AvgIpc) is 2.22. The lowest BCUT2D eigenvalue weighted by Gasteiger charge is -1.97. The normalized spacial score (nSPS) is 11.0. The van der Waals surface area contributed by atoms with E-state index in [2.05, 4.69) is 25.7 Å². The summed E-state index contributed by atoms with van der Waals surface area (Å²) in [4.78, 5) is 10.9. The molecule has 0 saturated heterocycles. The SMILES string of the molecule is C=CCC(=O)OC/C=C/CC/C=C\CC. The van der Waals surface area contributed by atoms with Gasteiger partial charge in [-0.15, -0.1) is 6.58 Å². The summed E-state index contributed by atoms with van der Waals surface area (Å²) in [5.41, 5.74) is 0. The van der Waals surface area contributed by atoms with Crippen LogP contribution in [0.4, 0.5) is 0 Å². The molecular weight excluding hydrogens is 188 g/mol. The first-order valence-corrected chi connectivity index (χ1v) is 5.37. The molecule has 0 radical (unpaired) electrons. The van der Waals surface area contributed by atoms with E-state index in [1.54, 1.807) is 6.08 Å². The number of allylic oxidation sites excluding steroid dienone is 3. The third kappa shape index (κ3) is 10.6. The quantitative estimate of drug-likeness (QED) is 0.347. The van der Waals surface area contributed by atoms with Crippen LogP contribution in [0.15, 0.2) is 37.0 Å². The third-order valence-electron chi connectivity index (χ3n) is 1.72. The van der Waals surface area contributed by atoms with Crippen LogP contribution in [-0.4, -0.2) is 12.6 Å². The minimum Gasteiger partial charge on any atom is -0.461 e. The average molecular weight is 208 g/mol. The number of hydrogen-bond donors (Lipinski definition) is 0. The summed E-state index contributed by atoms with van der Waals surface area (Å²) in [5, 5.41) is 0. The van der Waals surface area contributed by atoms with Gasteiger partial charge in [-0.05, 0) is 19.3 Å². The smallest absolute Gasteiger partial charge is 0.309 e. The van der Waals surface area contributed by atoms with Crippen LogP contribution in [-0.2, 0) is 9.53 Å². The van der Waals surface area contributed by atoms with Crippen molar-refractivity contribution in [1.29, 1.82) is 0 Å². The summed E-state index contributed by atoms with van der Waals surface area (Å²) in [5.74, 6) is -0.222. The van der Waals surface area contributed by atoms with Crippen molar-refractivity contribution in [3.8, 4) is 0 Å². The van der Waals surface area contributed by atoms with E-state index in [1.165, 1.54) is 0 Å². The summed E-state index contributed by atoms with van der Waals surface area (Å²) in [6.07, 6.45) is 13.2. The number of esters is 1. The van der Waals surface area contributed by atoms with Crippen LogP contribution < -0.4 is 0 Å². The monoisotopic (exact) mass is 208 g/mol. The summed E-state index contributed by atoms with van der Waals surface area (Å²) in [7, 11) is 0. The maximum atomic E-state index is 10.9. The Morgan fingerprint density at radius 2 is 1.87 bits per heavy atom. The highest BCUT2D eigenvalue weighted by molar-refractivity contribution is 5.71. The van der Waals surface area contributed by atoms with E-state index in [0.29, 0.717) is 6.61 Å². The lowest BCUT2D eigenvalue weighted by atomic mass is 10.2. The Labute approximate surface area is 92.3 Å². The predicted molar refractivity (Wildman–Crippen MR) is 63.6 cm³/mol. The van der Waals surface area contributed by atoms with Crippen LogP contribution in [0, 0.1) is 0 Å². The van der Waals surface area contributed by atoms with E-state index in [1.807, 2.05) is 12.2 Å². The van der Waals surface area contributed by atoms with Gasteiger partial charge in [-0.3, -0.25) is 4.79 Å². The van der Waals surface area contributed by atoms with E-state index in [0.717, 1.165) is 19.3 Å². The van der Waals surface area contributed by atoms with Crippen molar-refractivity contribution in [3.63, 3.8) is 0 Å². The van der Waals surface area contributed by atoms with Gasteiger partial charge in [0.2, 0.25) is 0 Å². The van der Waals surface area contributed by atoms with Crippen molar-refractivity contribution >= 4 is 5.97 Å². The van der Waals surface area contributed by atoms with Crippen LogP contribution in [0.2, 0.25) is 0 Å². The number of hydrogen-bond acceptors (Lipinski definition) is 2. The fourth-order valence-electron chi connectivity index (χ4n) is 0.981. The molecule has 84 valence electrons. The zero-order valence-electron chi connectivity index (χ0n) is 9.45. The molecule has 0 rings (SSSR count). The Kier molecular flexibility index (Phi) is 9.83. The van der Waals surface area contributed by atoms with E-state index < -0.39 is 0 Å². The molecular formula is C13H20O2. The summed E-state index contributed by atoms with van der Waals surface area (Å²) in [6, 6.07) is 0. The van der Waals surface area contributed by atoms with E-state index in [9.17, 15) is 4.79 Å². The molecule has 0 aromatic rings. The molecule has 0 heterocycles. The summed E-state index contributed by atoms with van der Waals surface area (Å²) in [6.45, 7) is 5.94. The molecule has 0 aromatic carbocycles. The first-order valence-electron chi connectivity index (χ1n) is 5.37. The van der Waals surface area contributed by atoms with E-state index >= 15 is 0 Å². The predicted octanol–water partition coefficient (Wildman–Crippen LogP) is 3.41. The molecule has 0 fully saturated rings. The number of carbonyl (C=O) groups excluding carboxylic acids is 1. The van der Waals surface area contributed by atoms with Gasteiger partial charge in [0.05, 0.1) is 6.42 Å². The zero-order chi connectivity index (χ0) is 11.4. The second-order valence-electron chi connectivity index (χ2n) is 3.10. The van der Waals surface area contributed by atoms with Crippen molar-refractivity contribution in [3.05, 3.63) is 37.0 Å². The highest BCUT2D eigenvalue weighted by Crippen LogP contribution is 1.94. The second kappa shape index (κ2) is 10.8. The number of rotatable bonds is 8. The molecule has 0 N–H and O–H groups in total. The summed E-state index contributed by atoms with van der Waals surface area (Å²) >= 11 is 0. The van der Waals surface area contributed by atoms with Gasteiger partial charge in [0.1, 0.15) is 6.61 Å². The third-order valence-corrected chi connectivity index (χ3v) is 1.72. The maximum absolute atomic E-state index is 10.9. The largest absolute Gasteiger partial charge is 0.461 e. The lowest BCUT2D eigenvalue weighted by molar-refractivity contribution is -0.141. The Balaban J connectivity index is 3.34. The molecule has 0 aliphatic heterocycles. The molecule has 0 aliphatic rings. The van der Waals surface area contributed by atoms with Crippen LogP contribution in [0.3, 0.4) is 0 Å². The first kappa shape index (κ1) is 13.7. The van der Waals surface area contributed by atoms with Crippen LogP contribution >= 0.6 is 0 Å². The molecule has 0 spiro atoms. The number of unbranched alkanes of at least 4 members (excludes halogenated alkanes) is 1. The van der Waals surface area contributed by atoms with Gasteiger partial charge in [-0.1, -0.05) is 37.3 Å². The molecule has 0 amide bonds. The van der Waals surface area contributed by atoms with E-state index in [-0.39, 0.29) is 12.4 Å². The van der Waals surface area contributed by atoms with Gasteiger partial charge in [-0.2, -0.15) is 0 Å². The summed E-state index contributed by atoms with van der Waals surface area (Å²) < 4.78 is 4.90. The molecule has 0 saturated carbocycles. The molecule has 0 aliphatic carbocycles. The Hall–Kier alpha value is -1.31. The van der Waals surface area contributed by atoms with E-state index in [4.69, 9.17) is 4.74 Å². The molecule has 0 unspecified atom stereocenters. The maximum Gasteiger partial charge on any atom is 0.309 e. The topological polar surface area (TPSA) is 26.3 Å². The minimum atomic E-state index is -0.222. The van der Waals surface area contributed by atoms with Gasteiger partial charge < -0.3 is 4.74 Å². The standard InChI is InChI=1S/C13H20O2/c1-3-5-6-7-8-9-10-12-15-13(14)11-4-2/h4-6,9-10H,2-3,7-8,11-12H2,1H3/b6-5-,10-9+. The first-order chi connectivity index (χ1) is 7.31. The second-order valence-corrected chi connectivity index (χ2v) is 3.10. The molecule has 0 bridgehead atoms. The molecule has 15 heavy (non-hydrogen) atoms. The minimum absolute atomic E-state index is 0.222. The highest BCUT2D eigenvalue weighted by Gasteiger charge is 1.94. The van der Waals surface area contributed by atoms with Gasteiger partial charge in [0.25, 0.3) is 0 Å². The Morgan fingerprint density at radius 3 is 2.47 bits per heavy atom. The highest BCUT2D eigenvalue weighted by atomic mass is 16.5. The van der Waals surface area contributed by atoms with Crippen LogP contribution in [0.5, 0.6) is 0 Å². The fourth-order valence-corrected chi connectivity index (χ4v) is 0.981. The van der Waals surface area contributed by atoms with Crippen LogP contribution in [0.1, 0.15) is 32.6 Å². The van der Waals surface area contributed by atoms with Crippen molar-refractivity contribution in [1.82, 2.24) is 0 Å². The molecule has 0 aromatic heterocycles.